The SMILES string of the molecule is O=C(CN1CCN(C(=O)c2cc(C3CC3)on2)CC1)NCc1ccccc1. The number of hydrogen-bond donors (Lipinski definition) is 1. The molecule has 7 nitrogen and oxygen atoms in total. The van der Waals surface area contributed by atoms with Crippen LogP contribution in [0.3, 0.4) is 0 Å². The third kappa shape index (κ3) is 4.54. The largest absolute Gasteiger partial charge is 0.360 e. The Labute approximate surface area is 158 Å². The zero-order valence-corrected chi connectivity index (χ0v) is 15.3. The summed E-state index contributed by atoms with van der Waals surface area (Å²) in [6, 6.07) is 11.6. The smallest absolute Gasteiger partial charge is 0.276 e. The molecule has 7 heteroatoms. The van der Waals surface area contributed by atoms with Crippen LogP contribution in [-0.4, -0.2) is 59.5 Å². The standard InChI is InChI=1S/C20H24N4O3/c25-19(21-13-15-4-2-1-3-5-15)14-23-8-10-24(11-9-23)20(26)17-12-18(27-22-17)16-6-7-16/h1-5,12,16H,6-11,13-14H2,(H,21,25). The minimum atomic E-state index is -0.0844. The van der Waals surface area contributed by atoms with Crippen molar-refractivity contribution in [2.75, 3.05) is 32.7 Å². The number of nitrogens with one attached hydrogen (secondary N) is 1. The Bertz CT molecular complexity index is 793. The number of carbonyl (C=O) groups excluding carboxylic acids is 2. The second kappa shape index (κ2) is 7.92. The summed E-state index contributed by atoms with van der Waals surface area (Å²) in [6.45, 7) is 3.43. The van der Waals surface area contributed by atoms with Crippen LogP contribution in [0.25, 0.3) is 0 Å². The maximum Gasteiger partial charge on any atom is 0.276 e. The van der Waals surface area contributed by atoms with Gasteiger partial charge >= 0.3 is 0 Å². The van der Waals surface area contributed by atoms with Crippen LogP contribution in [-0.2, 0) is 11.3 Å². The quantitative estimate of drug-likeness (QED) is 0.838. The van der Waals surface area contributed by atoms with E-state index in [1.165, 1.54) is 0 Å². The van der Waals surface area contributed by atoms with E-state index in [0.29, 0.717) is 50.9 Å². The first-order valence-electron chi connectivity index (χ1n) is 9.48. The van der Waals surface area contributed by atoms with Gasteiger partial charge in [0.05, 0.1) is 6.54 Å². The molecular formula is C20H24N4O3. The summed E-state index contributed by atoms with van der Waals surface area (Å²) < 4.78 is 5.28. The number of aromatic nitrogens is 1. The van der Waals surface area contributed by atoms with Crippen LogP contribution < -0.4 is 5.32 Å². The fourth-order valence-corrected chi connectivity index (χ4v) is 3.28. The molecular weight excluding hydrogens is 344 g/mol. The minimum Gasteiger partial charge on any atom is -0.360 e. The van der Waals surface area contributed by atoms with E-state index in [4.69, 9.17) is 4.52 Å². The summed E-state index contributed by atoms with van der Waals surface area (Å²) in [5.74, 6) is 1.19. The van der Waals surface area contributed by atoms with Crippen molar-refractivity contribution in [1.29, 1.82) is 0 Å². The van der Waals surface area contributed by atoms with E-state index in [0.717, 1.165) is 24.2 Å². The fraction of sp³-hybridized carbons (Fsp3) is 0.450. The van der Waals surface area contributed by atoms with Gasteiger partial charge in [-0.05, 0) is 18.4 Å². The number of rotatable bonds is 6. The second-order valence-electron chi connectivity index (χ2n) is 7.22. The van der Waals surface area contributed by atoms with Gasteiger partial charge in [-0.25, -0.2) is 0 Å². The number of hydrogen-bond acceptors (Lipinski definition) is 5. The molecule has 0 bridgehead atoms. The number of nitrogens with zero attached hydrogens (tertiary/aromatic N) is 3. The molecule has 2 aliphatic rings. The zero-order valence-electron chi connectivity index (χ0n) is 15.3. The zero-order chi connectivity index (χ0) is 18.6. The highest BCUT2D eigenvalue weighted by atomic mass is 16.5. The molecule has 1 N–H and O–H groups in total. The van der Waals surface area contributed by atoms with E-state index < -0.39 is 0 Å². The summed E-state index contributed by atoms with van der Waals surface area (Å²) in [6.07, 6.45) is 2.24. The van der Waals surface area contributed by atoms with Crippen molar-refractivity contribution in [3.63, 3.8) is 0 Å². The molecule has 1 saturated heterocycles. The molecule has 4 rings (SSSR count). The van der Waals surface area contributed by atoms with Crippen molar-refractivity contribution < 1.29 is 14.1 Å². The first-order chi connectivity index (χ1) is 13.2. The predicted octanol–water partition coefficient (Wildman–Crippen LogP) is 1.63. The van der Waals surface area contributed by atoms with Crippen molar-refractivity contribution in [2.45, 2.75) is 25.3 Å². The van der Waals surface area contributed by atoms with Gasteiger partial charge in [0.2, 0.25) is 5.91 Å². The van der Waals surface area contributed by atoms with Gasteiger partial charge in [0.15, 0.2) is 5.69 Å². The molecule has 1 aliphatic heterocycles. The normalized spacial score (nSPS) is 17.7. The Balaban J connectivity index is 1.21. The van der Waals surface area contributed by atoms with E-state index in [2.05, 4.69) is 15.4 Å². The van der Waals surface area contributed by atoms with E-state index in [-0.39, 0.29) is 11.8 Å². The van der Waals surface area contributed by atoms with Crippen LogP contribution in [0.2, 0.25) is 0 Å². The number of piperazine rings is 1. The van der Waals surface area contributed by atoms with Gasteiger partial charge in [0.25, 0.3) is 5.91 Å². The van der Waals surface area contributed by atoms with Crippen LogP contribution in [0.15, 0.2) is 40.9 Å². The third-order valence-corrected chi connectivity index (χ3v) is 5.09. The van der Waals surface area contributed by atoms with Gasteiger partial charge in [-0.15, -0.1) is 0 Å². The van der Waals surface area contributed by atoms with Gasteiger partial charge in [-0.2, -0.15) is 0 Å². The van der Waals surface area contributed by atoms with Crippen LogP contribution in [0, 0.1) is 0 Å². The summed E-state index contributed by atoms with van der Waals surface area (Å²) in [4.78, 5) is 28.5. The number of carbonyl (C=O) groups is 2. The molecule has 0 atom stereocenters. The highest BCUT2D eigenvalue weighted by Gasteiger charge is 2.30. The maximum atomic E-state index is 12.5. The monoisotopic (exact) mass is 368 g/mol. The highest BCUT2D eigenvalue weighted by molar-refractivity contribution is 5.92. The molecule has 0 unspecified atom stereocenters. The average molecular weight is 368 g/mol. The van der Waals surface area contributed by atoms with Crippen LogP contribution in [0.5, 0.6) is 0 Å². The number of amides is 2. The average Bonchev–Trinajstić information content (AvgIpc) is 3.44. The molecule has 27 heavy (non-hydrogen) atoms. The van der Waals surface area contributed by atoms with E-state index in [1.54, 1.807) is 11.0 Å². The summed E-state index contributed by atoms with van der Waals surface area (Å²) in [7, 11) is 0. The molecule has 1 aromatic carbocycles. The lowest BCUT2D eigenvalue weighted by atomic mass is 10.2. The molecule has 0 spiro atoms. The molecule has 1 aromatic heterocycles. The van der Waals surface area contributed by atoms with Crippen LogP contribution >= 0.6 is 0 Å². The van der Waals surface area contributed by atoms with Gasteiger partial charge in [0.1, 0.15) is 5.76 Å². The fourth-order valence-electron chi connectivity index (χ4n) is 3.28. The van der Waals surface area contributed by atoms with Gasteiger partial charge in [-0.1, -0.05) is 35.5 Å². The second-order valence-corrected chi connectivity index (χ2v) is 7.22. The topological polar surface area (TPSA) is 78.7 Å². The lowest BCUT2D eigenvalue weighted by Crippen LogP contribution is -2.51. The van der Waals surface area contributed by atoms with Crippen molar-refractivity contribution in [1.82, 2.24) is 20.3 Å². The predicted molar refractivity (Wildman–Crippen MR) is 99.1 cm³/mol. The Morgan fingerprint density at radius 3 is 2.56 bits per heavy atom. The van der Waals surface area contributed by atoms with Crippen LogP contribution in [0.4, 0.5) is 0 Å². The molecule has 1 saturated carbocycles. The first kappa shape index (κ1) is 17.7. The lowest BCUT2D eigenvalue weighted by Gasteiger charge is -2.33. The Morgan fingerprint density at radius 1 is 1.11 bits per heavy atom. The summed E-state index contributed by atoms with van der Waals surface area (Å²) in [5.41, 5.74) is 1.48. The molecule has 2 amide bonds. The Morgan fingerprint density at radius 2 is 1.85 bits per heavy atom. The molecule has 142 valence electrons. The van der Waals surface area contributed by atoms with E-state index in [1.807, 2.05) is 30.3 Å². The van der Waals surface area contributed by atoms with Gasteiger partial charge in [-0.3, -0.25) is 14.5 Å². The number of benzene rings is 1. The molecule has 1 aliphatic carbocycles. The molecule has 2 fully saturated rings. The highest BCUT2D eigenvalue weighted by Crippen LogP contribution is 2.40. The van der Waals surface area contributed by atoms with Gasteiger partial charge < -0.3 is 14.7 Å². The van der Waals surface area contributed by atoms with Crippen LogP contribution in [0.1, 0.15) is 40.6 Å². The minimum absolute atomic E-state index is 0.00389. The Hall–Kier alpha value is -2.67. The van der Waals surface area contributed by atoms with Crippen molar-refractivity contribution in [2.24, 2.45) is 0 Å². The molecule has 2 heterocycles. The molecule has 0 radical (unpaired) electrons. The van der Waals surface area contributed by atoms with Crippen molar-refractivity contribution in [3.8, 4) is 0 Å². The van der Waals surface area contributed by atoms with E-state index >= 15 is 0 Å². The summed E-state index contributed by atoms with van der Waals surface area (Å²) in [5, 5.41) is 6.87. The Kier molecular flexibility index (Phi) is 5.20. The maximum absolute atomic E-state index is 12.5. The third-order valence-electron chi connectivity index (χ3n) is 5.09. The van der Waals surface area contributed by atoms with E-state index in [9.17, 15) is 9.59 Å². The van der Waals surface area contributed by atoms with Crippen molar-refractivity contribution in [3.05, 3.63) is 53.4 Å². The molecule has 2 aromatic rings. The van der Waals surface area contributed by atoms with Crippen molar-refractivity contribution >= 4 is 11.8 Å². The first-order valence-corrected chi connectivity index (χ1v) is 9.48. The lowest BCUT2D eigenvalue weighted by molar-refractivity contribution is -0.122. The van der Waals surface area contributed by atoms with Gasteiger partial charge in [0, 0.05) is 44.7 Å². The summed E-state index contributed by atoms with van der Waals surface area (Å²) >= 11 is 0.